The molecule has 0 fully saturated rings. The van der Waals surface area contributed by atoms with E-state index in [1.807, 2.05) is 62.4 Å². The number of fused-ring (bicyclic) bond motifs is 1. The van der Waals surface area contributed by atoms with Gasteiger partial charge in [0, 0.05) is 11.6 Å². The molecule has 0 radical (unpaired) electrons. The van der Waals surface area contributed by atoms with Crippen molar-refractivity contribution in [3.05, 3.63) is 65.7 Å². The van der Waals surface area contributed by atoms with E-state index in [0.29, 0.717) is 5.69 Å². The van der Waals surface area contributed by atoms with Crippen molar-refractivity contribution in [2.45, 2.75) is 51.8 Å². The molecular weight excluding hydrogens is 340 g/mol. The van der Waals surface area contributed by atoms with Gasteiger partial charge in [0.15, 0.2) is 5.54 Å². The number of benzene rings is 2. The number of carbonyl (C=O) groups is 2. The first-order chi connectivity index (χ1) is 12.7. The summed E-state index contributed by atoms with van der Waals surface area (Å²) in [6, 6.07) is 16.9. The molecule has 2 aromatic carbocycles. The fourth-order valence-electron chi connectivity index (χ4n) is 3.49. The van der Waals surface area contributed by atoms with E-state index in [9.17, 15) is 9.59 Å². The number of nitrogens with zero attached hydrogens (tertiary/aromatic N) is 1. The van der Waals surface area contributed by atoms with E-state index in [1.165, 1.54) is 0 Å². The van der Waals surface area contributed by atoms with Crippen LogP contribution < -0.4 is 10.2 Å². The average Bonchev–Trinajstić information content (AvgIpc) is 2.83. The van der Waals surface area contributed by atoms with E-state index in [1.54, 1.807) is 26.8 Å². The van der Waals surface area contributed by atoms with Crippen LogP contribution >= 0.6 is 0 Å². The third-order valence-corrected chi connectivity index (χ3v) is 4.36. The molecule has 1 heterocycles. The van der Waals surface area contributed by atoms with Gasteiger partial charge in [-0.05, 0) is 46.2 Å². The summed E-state index contributed by atoms with van der Waals surface area (Å²) in [6.45, 7) is 9.32. The van der Waals surface area contributed by atoms with Crippen LogP contribution in [0.3, 0.4) is 0 Å². The molecule has 27 heavy (non-hydrogen) atoms. The summed E-state index contributed by atoms with van der Waals surface area (Å²) < 4.78 is 5.52. The Labute approximate surface area is 160 Å². The third-order valence-electron chi connectivity index (χ3n) is 4.36. The Balaban J connectivity index is 2.21. The zero-order valence-electron chi connectivity index (χ0n) is 16.4. The van der Waals surface area contributed by atoms with E-state index in [2.05, 4.69) is 5.32 Å². The molecule has 1 N–H and O–H groups in total. The third kappa shape index (κ3) is 3.35. The number of hydrogen-bond acceptors (Lipinski definition) is 4. The van der Waals surface area contributed by atoms with Crippen molar-refractivity contribution >= 4 is 17.7 Å². The van der Waals surface area contributed by atoms with Gasteiger partial charge in [0.25, 0.3) is 5.91 Å². The van der Waals surface area contributed by atoms with Gasteiger partial charge in [0.05, 0.1) is 5.69 Å². The largest absolute Gasteiger partial charge is 0.443 e. The van der Waals surface area contributed by atoms with Crippen molar-refractivity contribution in [3.8, 4) is 0 Å². The molecule has 5 nitrogen and oxygen atoms in total. The molecule has 1 aliphatic rings. The van der Waals surface area contributed by atoms with Gasteiger partial charge in [-0.3, -0.25) is 10.1 Å². The number of hydrogen-bond donors (Lipinski definition) is 1. The standard InChI is InChI=1S/C22H26N2O3/c1-15(2)23-22(16-11-7-6-8-12-16)17-13-9-10-14-18(17)24(19(22)25)20(26)27-21(3,4)5/h6-15,23H,1-5H3/t22-/m1/s1. The van der Waals surface area contributed by atoms with Crippen LogP contribution in [-0.4, -0.2) is 23.6 Å². The molecule has 0 spiro atoms. The van der Waals surface area contributed by atoms with Gasteiger partial charge in [0.1, 0.15) is 5.60 Å². The van der Waals surface area contributed by atoms with Crippen molar-refractivity contribution in [2.24, 2.45) is 0 Å². The average molecular weight is 366 g/mol. The van der Waals surface area contributed by atoms with Crippen LogP contribution in [0.25, 0.3) is 0 Å². The van der Waals surface area contributed by atoms with Gasteiger partial charge in [-0.25, -0.2) is 9.69 Å². The Kier molecular flexibility index (Phi) is 4.82. The fraction of sp³-hybridized carbons (Fsp3) is 0.364. The summed E-state index contributed by atoms with van der Waals surface area (Å²) in [5.74, 6) is -0.349. The van der Waals surface area contributed by atoms with Crippen molar-refractivity contribution in [2.75, 3.05) is 4.90 Å². The first-order valence-electron chi connectivity index (χ1n) is 9.17. The molecule has 0 unspecified atom stereocenters. The highest BCUT2D eigenvalue weighted by Gasteiger charge is 2.55. The van der Waals surface area contributed by atoms with Crippen LogP contribution in [0.2, 0.25) is 0 Å². The van der Waals surface area contributed by atoms with Gasteiger partial charge < -0.3 is 4.74 Å². The van der Waals surface area contributed by atoms with E-state index in [4.69, 9.17) is 4.74 Å². The van der Waals surface area contributed by atoms with Crippen LogP contribution in [-0.2, 0) is 15.1 Å². The van der Waals surface area contributed by atoms with Crippen LogP contribution in [0.4, 0.5) is 10.5 Å². The molecule has 1 aliphatic heterocycles. The molecule has 0 aliphatic carbocycles. The molecule has 1 atom stereocenters. The number of imide groups is 1. The number of nitrogens with one attached hydrogen (secondary N) is 1. The minimum atomic E-state index is -1.14. The zero-order valence-corrected chi connectivity index (χ0v) is 16.4. The molecule has 0 saturated carbocycles. The maximum atomic E-state index is 13.7. The molecule has 0 bridgehead atoms. The van der Waals surface area contributed by atoms with E-state index < -0.39 is 17.2 Å². The second-order valence-corrected chi connectivity index (χ2v) is 8.05. The van der Waals surface area contributed by atoms with Crippen molar-refractivity contribution in [1.29, 1.82) is 0 Å². The summed E-state index contributed by atoms with van der Waals surface area (Å²) >= 11 is 0. The van der Waals surface area contributed by atoms with Gasteiger partial charge in [0.2, 0.25) is 0 Å². The summed E-state index contributed by atoms with van der Waals surface area (Å²) in [7, 11) is 0. The highest BCUT2D eigenvalue weighted by Crippen LogP contribution is 2.45. The van der Waals surface area contributed by atoms with Crippen molar-refractivity contribution < 1.29 is 14.3 Å². The Morgan fingerprint density at radius 2 is 1.63 bits per heavy atom. The number of para-hydroxylation sites is 1. The molecule has 2 aromatic rings. The summed E-state index contributed by atoms with van der Waals surface area (Å²) in [6.07, 6.45) is -0.664. The van der Waals surface area contributed by atoms with Gasteiger partial charge in [-0.15, -0.1) is 0 Å². The Morgan fingerprint density at radius 3 is 2.22 bits per heavy atom. The van der Waals surface area contributed by atoms with Crippen molar-refractivity contribution in [3.63, 3.8) is 0 Å². The monoisotopic (exact) mass is 366 g/mol. The van der Waals surface area contributed by atoms with E-state index in [-0.39, 0.29) is 11.9 Å². The highest BCUT2D eigenvalue weighted by atomic mass is 16.6. The lowest BCUT2D eigenvalue weighted by Gasteiger charge is -2.32. The molecule has 0 saturated heterocycles. The number of amides is 2. The lowest BCUT2D eigenvalue weighted by Crippen LogP contribution is -2.55. The number of ether oxygens (including phenoxy) is 1. The quantitative estimate of drug-likeness (QED) is 0.884. The topological polar surface area (TPSA) is 58.6 Å². The minimum absolute atomic E-state index is 0.0146. The molecule has 5 heteroatoms. The Hall–Kier alpha value is -2.66. The molecular formula is C22H26N2O3. The Bertz CT molecular complexity index is 855. The SMILES string of the molecule is CC(C)N[C@@]1(c2ccccc2)C(=O)N(C(=O)OC(C)(C)C)c2ccccc21. The van der Waals surface area contributed by atoms with Gasteiger partial charge in [-0.1, -0.05) is 48.5 Å². The van der Waals surface area contributed by atoms with E-state index in [0.717, 1.165) is 16.0 Å². The Morgan fingerprint density at radius 1 is 1.04 bits per heavy atom. The predicted molar refractivity (Wildman–Crippen MR) is 106 cm³/mol. The maximum absolute atomic E-state index is 13.7. The van der Waals surface area contributed by atoms with Gasteiger partial charge in [-0.2, -0.15) is 0 Å². The summed E-state index contributed by atoms with van der Waals surface area (Å²) in [5.41, 5.74) is 0.260. The lowest BCUT2D eigenvalue weighted by molar-refractivity contribution is -0.122. The summed E-state index contributed by atoms with van der Waals surface area (Å²) in [4.78, 5) is 27.8. The minimum Gasteiger partial charge on any atom is -0.443 e. The normalized spacial score (nSPS) is 19.3. The predicted octanol–water partition coefficient (Wildman–Crippen LogP) is 4.21. The first kappa shape index (κ1) is 19.1. The van der Waals surface area contributed by atoms with Crippen LogP contribution in [0.1, 0.15) is 45.7 Å². The number of anilines is 1. The second-order valence-electron chi connectivity index (χ2n) is 8.05. The smallest absolute Gasteiger partial charge is 0.421 e. The first-order valence-corrected chi connectivity index (χ1v) is 9.17. The summed E-state index contributed by atoms with van der Waals surface area (Å²) in [5, 5.41) is 3.43. The zero-order chi connectivity index (χ0) is 19.8. The number of rotatable bonds is 3. The van der Waals surface area contributed by atoms with Crippen LogP contribution in [0.15, 0.2) is 54.6 Å². The van der Waals surface area contributed by atoms with E-state index >= 15 is 0 Å². The molecule has 142 valence electrons. The molecule has 3 rings (SSSR count). The van der Waals surface area contributed by atoms with Crippen molar-refractivity contribution in [1.82, 2.24) is 5.32 Å². The second kappa shape index (κ2) is 6.82. The highest BCUT2D eigenvalue weighted by molar-refractivity contribution is 6.22. The molecule has 2 amide bonds. The maximum Gasteiger partial charge on any atom is 0.421 e. The van der Waals surface area contributed by atoms with Gasteiger partial charge >= 0.3 is 6.09 Å². The van der Waals surface area contributed by atoms with Crippen LogP contribution in [0, 0.1) is 0 Å². The molecule has 0 aromatic heterocycles. The van der Waals surface area contributed by atoms with Crippen LogP contribution in [0.5, 0.6) is 0 Å². The lowest BCUT2D eigenvalue weighted by atomic mass is 9.83. The number of carbonyl (C=O) groups excluding carboxylic acids is 2. The fourth-order valence-corrected chi connectivity index (χ4v) is 3.49.